The van der Waals surface area contributed by atoms with Gasteiger partial charge in [-0.1, -0.05) is 12.1 Å². The SMILES string of the molecule is CC(=O)n1c(=O)n(C(C)=O)c2c(C)cccc21. The van der Waals surface area contributed by atoms with Crippen LogP contribution in [-0.4, -0.2) is 20.9 Å². The topological polar surface area (TPSA) is 61.1 Å². The van der Waals surface area contributed by atoms with Crippen LogP contribution >= 0.6 is 0 Å². The second-order valence-corrected chi connectivity index (χ2v) is 3.93. The summed E-state index contributed by atoms with van der Waals surface area (Å²) in [5.41, 5.74) is 1.15. The number of hydrogen-bond donors (Lipinski definition) is 0. The average Bonchev–Trinajstić information content (AvgIpc) is 2.51. The van der Waals surface area contributed by atoms with Crippen LogP contribution in [0.25, 0.3) is 11.0 Å². The van der Waals surface area contributed by atoms with Crippen molar-refractivity contribution in [2.24, 2.45) is 0 Å². The van der Waals surface area contributed by atoms with E-state index < -0.39 is 17.5 Å². The molecule has 1 heterocycles. The predicted molar refractivity (Wildman–Crippen MR) is 63.5 cm³/mol. The highest BCUT2D eigenvalue weighted by Crippen LogP contribution is 2.17. The number of nitrogens with zero attached hydrogens (tertiary/aromatic N) is 2. The summed E-state index contributed by atoms with van der Waals surface area (Å²) in [4.78, 5) is 35.0. The number of imidazole rings is 1. The lowest BCUT2D eigenvalue weighted by atomic mass is 10.2. The molecule has 17 heavy (non-hydrogen) atoms. The number of para-hydroxylation sites is 1. The molecular formula is C12H12N2O3. The van der Waals surface area contributed by atoms with Crippen molar-refractivity contribution in [1.29, 1.82) is 0 Å². The Labute approximate surface area is 97.3 Å². The average molecular weight is 232 g/mol. The number of aromatic nitrogens is 2. The molecule has 0 N–H and O–H groups in total. The molecule has 0 fully saturated rings. The first-order valence-electron chi connectivity index (χ1n) is 5.20. The van der Waals surface area contributed by atoms with E-state index in [4.69, 9.17) is 0 Å². The molecule has 5 heteroatoms. The second kappa shape index (κ2) is 3.69. The fourth-order valence-corrected chi connectivity index (χ4v) is 2.01. The molecule has 0 saturated carbocycles. The zero-order valence-corrected chi connectivity index (χ0v) is 9.85. The number of benzene rings is 1. The Bertz CT molecular complexity index is 692. The highest BCUT2D eigenvalue weighted by Gasteiger charge is 2.19. The van der Waals surface area contributed by atoms with Crippen LogP contribution in [0.5, 0.6) is 0 Å². The van der Waals surface area contributed by atoms with E-state index in [1.807, 2.05) is 0 Å². The van der Waals surface area contributed by atoms with E-state index in [9.17, 15) is 14.4 Å². The van der Waals surface area contributed by atoms with Gasteiger partial charge in [-0.15, -0.1) is 0 Å². The summed E-state index contributed by atoms with van der Waals surface area (Å²) in [6, 6.07) is 5.21. The Hall–Kier alpha value is -2.17. The van der Waals surface area contributed by atoms with Crippen LogP contribution in [0.4, 0.5) is 0 Å². The molecule has 1 aromatic heterocycles. The Balaban J connectivity index is 3.10. The van der Waals surface area contributed by atoms with E-state index in [0.29, 0.717) is 11.0 Å². The maximum absolute atomic E-state index is 12.0. The van der Waals surface area contributed by atoms with E-state index in [2.05, 4.69) is 0 Å². The first-order valence-corrected chi connectivity index (χ1v) is 5.20. The molecule has 0 amide bonds. The summed E-state index contributed by atoms with van der Waals surface area (Å²) in [5, 5.41) is 0. The molecule has 0 aliphatic rings. The highest BCUT2D eigenvalue weighted by molar-refractivity contribution is 5.96. The lowest BCUT2D eigenvalue weighted by Crippen LogP contribution is -2.30. The van der Waals surface area contributed by atoms with Gasteiger partial charge in [-0.05, 0) is 18.6 Å². The number of rotatable bonds is 0. The van der Waals surface area contributed by atoms with Gasteiger partial charge in [-0.25, -0.2) is 13.9 Å². The summed E-state index contributed by atoms with van der Waals surface area (Å²) in [6.07, 6.45) is 0. The molecule has 0 aliphatic heterocycles. The van der Waals surface area contributed by atoms with E-state index in [-0.39, 0.29) is 0 Å². The Morgan fingerprint density at radius 3 is 2.18 bits per heavy atom. The molecular weight excluding hydrogens is 220 g/mol. The summed E-state index contributed by atoms with van der Waals surface area (Å²) in [7, 11) is 0. The van der Waals surface area contributed by atoms with Gasteiger partial charge >= 0.3 is 5.69 Å². The molecule has 88 valence electrons. The van der Waals surface area contributed by atoms with Crippen molar-refractivity contribution in [3.8, 4) is 0 Å². The molecule has 0 unspecified atom stereocenters. The minimum Gasteiger partial charge on any atom is -0.274 e. The van der Waals surface area contributed by atoms with Gasteiger partial charge in [0.1, 0.15) is 0 Å². The van der Waals surface area contributed by atoms with Crippen LogP contribution in [0.15, 0.2) is 23.0 Å². The number of fused-ring (bicyclic) bond motifs is 1. The van der Waals surface area contributed by atoms with Crippen LogP contribution in [0, 0.1) is 6.92 Å². The first-order chi connectivity index (χ1) is 7.95. The van der Waals surface area contributed by atoms with Crippen molar-refractivity contribution in [3.05, 3.63) is 34.2 Å². The summed E-state index contributed by atoms with van der Waals surface area (Å²) in [5.74, 6) is -0.792. The standard InChI is InChI=1S/C12H12N2O3/c1-7-5-4-6-10-11(7)14(9(3)16)12(17)13(10)8(2)15/h4-6H,1-3H3. The lowest BCUT2D eigenvalue weighted by Gasteiger charge is -1.99. The van der Waals surface area contributed by atoms with Crippen LogP contribution in [-0.2, 0) is 0 Å². The fourth-order valence-electron chi connectivity index (χ4n) is 2.01. The third-order valence-electron chi connectivity index (χ3n) is 2.69. The van der Waals surface area contributed by atoms with Gasteiger partial charge < -0.3 is 0 Å². The number of hydrogen-bond acceptors (Lipinski definition) is 3. The summed E-state index contributed by atoms with van der Waals surface area (Å²) >= 11 is 0. The monoisotopic (exact) mass is 232 g/mol. The molecule has 0 aliphatic carbocycles. The van der Waals surface area contributed by atoms with Gasteiger partial charge in [-0.3, -0.25) is 9.59 Å². The van der Waals surface area contributed by atoms with Crippen molar-refractivity contribution < 1.29 is 9.59 Å². The van der Waals surface area contributed by atoms with Crippen molar-refractivity contribution in [1.82, 2.24) is 9.13 Å². The third kappa shape index (κ3) is 1.51. The van der Waals surface area contributed by atoms with Gasteiger partial charge in [0.25, 0.3) is 0 Å². The van der Waals surface area contributed by atoms with Gasteiger partial charge in [0.2, 0.25) is 11.8 Å². The van der Waals surface area contributed by atoms with E-state index in [1.54, 1.807) is 25.1 Å². The number of aryl methyl sites for hydroxylation is 1. The summed E-state index contributed by atoms with van der Waals surface area (Å²) < 4.78 is 2.05. The zero-order valence-electron chi connectivity index (χ0n) is 9.85. The molecule has 0 saturated heterocycles. The van der Waals surface area contributed by atoms with Crippen molar-refractivity contribution in [2.75, 3.05) is 0 Å². The minimum atomic E-state index is -0.602. The Kier molecular flexibility index (Phi) is 2.46. The zero-order chi connectivity index (χ0) is 12.7. The van der Waals surface area contributed by atoms with Gasteiger partial charge in [0.15, 0.2) is 0 Å². The third-order valence-corrected chi connectivity index (χ3v) is 2.69. The second-order valence-electron chi connectivity index (χ2n) is 3.93. The van der Waals surface area contributed by atoms with Crippen LogP contribution < -0.4 is 5.69 Å². The van der Waals surface area contributed by atoms with Crippen molar-refractivity contribution >= 4 is 22.8 Å². The van der Waals surface area contributed by atoms with Gasteiger partial charge in [0.05, 0.1) is 11.0 Å². The van der Waals surface area contributed by atoms with E-state index in [1.165, 1.54) is 13.8 Å². The quantitative estimate of drug-likeness (QED) is 0.690. The molecule has 1 aromatic carbocycles. The van der Waals surface area contributed by atoms with E-state index >= 15 is 0 Å². The first kappa shape index (κ1) is 11.3. The fraction of sp³-hybridized carbons (Fsp3) is 0.250. The van der Waals surface area contributed by atoms with Crippen molar-refractivity contribution in [2.45, 2.75) is 20.8 Å². The smallest absolute Gasteiger partial charge is 0.274 e. The highest BCUT2D eigenvalue weighted by atomic mass is 16.2. The number of carbonyl (C=O) groups excluding carboxylic acids is 2. The Morgan fingerprint density at radius 2 is 1.65 bits per heavy atom. The van der Waals surface area contributed by atoms with Crippen LogP contribution in [0.3, 0.4) is 0 Å². The van der Waals surface area contributed by atoms with Gasteiger partial charge in [0, 0.05) is 13.8 Å². The van der Waals surface area contributed by atoms with Gasteiger partial charge in [-0.2, -0.15) is 0 Å². The minimum absolute atomic E-state index is 0.394. The summed E-state index contributed by atoms with van der Waals surface area (Å²) in [6.45, 7) is 4.40. The maximum Gasteiger partial charge on any atom is 0.342 e. The maximum atomic E-state index is 12.0. The lowest BCUT2D eigenvalue weighted by molar-refractivity contribution is 0.0925. The molecule has 2 rings (SSSR count). The van der Waals surface area contributed by atoms with Crippen LogP contribution in [0.2, 0.25) is 0 Å². The molecule has 0 atom stereocenters. The largest absolute Gasteiger partial charge is 0.342 e. The Morgan fingerprint density at radius 1 is 1.06 bits per heavy atom. The molecule has 0 bridgehead atoms. The molecule has 2 aromatic rings. The normalized spacial score (nSPS) is 10.8. The van der Waals surface area contributed by atoms with Crippen LogP contribution in [0.1, 0.15) is 29.0 Å². The van der Waals surface area contributed by atoms with Crippen molar-refractivity contribution in [3.63, 3.8) is 0 Å². The molecule has 0 radical (unpaired) electrons. The predicted octanol–water partition coefficient (Wildman–Crippen LogP) is 1.43. The molecule has 5 nitrogen and oxygen atoms in total. The molecule has 0 spiro atoms. The van der Waals surface area contributed by atoms with E-state index in [0.717, 1.165) is 14.7 Å². The number of carbonyl (C=O) groups is 2.